The van der Waals surface area contributed by atoms with Crippen molar-refractivity contribution in [1.29, 1.82) is 0 Å². The molecule has 0 fully saturated rings. The Balaban J connectivity index is 2.19. The molecule has 0 saturated carbocycles. The van der Waals surface area contributed by atoms with Gasteiger partial charge >= 0.3 is 5.97 Å². The highest BCUT2D eigenvalue weighted by Gasteiger charge is 2.10. The van der Waals surface area contributed by atoms with Gasteiger partial charge in [-0.15, -0.1) is 11.3 Å². The smallest absolute Gasteiger partial charge is 0.336 e. The van der Waals surface area contributed by atoms with Crippen LogP contribution in [-0.2, 0) is 0 Å². The van der Waals surface area contributed by atoms with E-state index in [0.717, 1.165) is 16.2 Å². The first-order chi connectivity index (χ1) is 8.25. The molecule has 0 spiro atoms. The number of thiophene rings is 1. The molecule has 4 nitrogen and oxygen atoms in total. The van der Waals surface area contributed by atoms with E-state index in [2.05, 4.69) is 4.98 Å². The third-order valence-electron chi connectivity index (χ3n) is 2.53. The normalized spacial score (nSPS) is 10.8. The fourth-order valence-electron chi connectivity index (χ4n) is 1.73. The maximum atomic E-state index is 10.8. The summed E-state index contributed by atoms with van der Waals surface area (Å²) in [5.41, 5.74) is 2.13. The number of carboxylic acids is 1. The summed E-state index contributed by atoms with van der Waals surface area (Å²) < 4.78 is 1.94. The number of fused-ring (bicyclic) bond motifs is 1. The van der Waals surface area contributed by atoms with Gasteiger partial charge in [-0.1, -0.05) is 6.07 Å². The zero-order chi connectivity index (χ0) is 11.8. The lowest BCUT2D eigenvalue weighted by atomic mass is 10.2. The van der Waals surface area contributed by atoms with Gasteiger partial charge in [-0.3, -0.25) is 4.40 Å². The molecule has 84 valence electrons. The second kappa shape index (κ2) is 3.71. The summed E-state index contributed by atoms with van der Waals surface area (Å²) in [6.45, 7) is 0. The van der Waals surface area contributed by atoms with E-state index in [4.69, 9.17) is 5.11 Å². The summed E-state index contributed by atoms with van der Waals surface area (Å²) in [6.07, 6.45) is 3.59. The molecule has 3 aromatic heterocycles. The van der Waals surface area contributed by atoms with Gasteiger partial charge in [-0.05, 0) is 18.2 Å². The molecule has 5 heteroatoms. The molecule has 17 heavy (non-hydrogen) atoms. The first-order valence-corrected chi connectivity index (χ1v) is 5.88. The van der Waals surface area contributed by atoms with Crippen LogP contribution in [0, 0.1) is 0 Å². The standard InChI is InChI=1S/C12H8N2O2S/c15-12(16)8-6-10(17-7-8)9-2-1-3-11-13-4-5-14(9)11/h1-7H,(H,15,16). The zero-order valence-electron chi connectivity index (χ0n) is 8.70. The van der Waals surface area contributed by atoms with E-state index in [-0.39, 0.29) is 0 Å². The highest BCUT2D eigenvalue weighted by Crippen LogP contribution is 2.27. The van der Waals surface area contributed by atoms with Gasteiger partial charge in [0.25, 0.3) is 0 Å². The number of aromatic carboxylic acids is 1. The molecule has 1 N–H and O–H groups in total. The minimum absolute atomic E-state index is 0.321. The van der Waals surface area contributed by atoms with Crippen LogP contribution in [0.2, 0.25) is 0 Å². The average Bonchev–Trinajstić information content (AvgIpc) is 2.97. The molecular weight excluding hydrogens is 236 g/mol. The van der Waals surface area contributed by atoms with Crippen LogP contribution in [-0.4, -0.2) is 20.5 Å². The van der Waals surface area contributed by atoms with Gasteiger partial charge < -0.3 is 5.11 Å². The predicted octanol–water partition coefficient (Wildman–Crippen LogP) is 2.76. The number of carbonyl (C=O) groups is 1. The number of rotatable bonds is 2. The molecule has 0 saturated heterocycles. The number of imidazole rings is 1. The molecule has 0 bridgehead atoms. The highest BCUT2D eigenvalue weighted by atomic mass is 32.1. The van der Waals surface area contributed by atoms with Crippen molar-refractivity contribution >= 4 is 23.0 Å². The topological polar surface area (TPSA) is 54.6 Å². The van der Waals surface area contributed by atoms with E-state index >= 15 is 0 Å². The lowest BCUT2D eigenvalue weighted by molar-refractivity contribution is 0.0697. The zero-order valence-corrected chi connectivity index (χ0v) is 9.52. The van der Waals surface area contributed by atoms with Crippen LogP contribution in [0.3, 0.4) is 0 Å². The second-order valence-electron chi connectivity index (χ2n) is 3.57. The van der Waals surface area contributed by atoms with Crippen molar-refractivity contribution in [3.05, 3.63) is 47.6 Å². The van der Waals surface area contributed by atoms with Crippen molar-refractivity contribution in [1.82, 2.24) is 9.38 Å². The second-order valence-corrected chi connectivity index (χ2v) is 4.48. The number of hydrogen-bond donors (Lipinski definition) is 1. The van der Waals surface area contributed by atoms with E-state index in [9.17, 15) is 4.79 Å². The summed E-state index contributed by atoms with van der Waals surface area (Å²) in [7, 11) is 0. The van der Waals surface area contributed by atoms with Gasteiger partial charge in [0.05, 0.1) is 16.1 Å². The molecule has 0 aliphatic carbocycles. The van der Waals surface area contributed by atoms with Crippen LogP contribution in [0.1, 0.15) is 10.4 Å². The monoisotopic (exact) mass is 244 g/mol. The first kappa shape index (κ1) is 10.0. The minimum Gasteiger partial charge on any atom is -0.478 e. The predicted molar refractivity (Wildman–Crippen MR) is 65.5 cm³/mol. The Morgan fingerprint density at radius 1 is 1.41 bits per heavy atom. The number of nitrogens with zero attached hydrogens (tertiary/aromatic N) is 2. The van der Waals surface area contributed by atoms with Crippen molar-refractivity contribution in [2.45, 2.75) is 0 Å². The van der Waals surface area contributed by atoms with Crippen LogP contribution >= 0.6 is 11.3 Å². The largest absolute Gasteiger partial charge is 0.478 e. The molecule has 0 aliphatic rings. The van der Waals surface area contributed by atoms with Crippen LogP contribution < -0.4 is 0 Å². The fourth-order valence-corrected chi connectivity index (χ4v) is 2.64. The Kier molecular flexibility index (Phi) is 2.19. The third-order valence-corrected chi connectivity index (χ3v) is 3.48. The van der Waals surface area contributed by atoms with E-state index in [1.54, 1.807) is 17.6 Å². The Bertz CT molecular complexity index is 699. The number of pyridine rings is 1. The number of carboxylic acid groups (broad SMARTS) is 1. The highest BCUT2D eigenvalue weighted by molar-refractivity contribution is 7.13. The van der Waals surface area contributed by atoms with Gasteiger partial charge in [-0.2, -0.15) is 0 Å². The van der Waals surface area contributed by atoms with Gasteiger partial charge in [0.2, 0.25) is 0 Å². The minimum atomic E-state index is -0.898. The molecule has 0 aliphatic heterocycles. The lowest BCUT2D eigenvalue weighted by Gasteiger charge is -2.01. The Morgan fingerprint density at radius 2 is 2.29 bits per heavy atom. The summed E-state index contributed by atoms with van der Waals surface area (Å²) in [6, 6.07) is 7.46. The van der Waals surface area contributed by atoms with Crippen LogP contribution in [0.15, 0.2) is 42.0 Å². The summed E-state index contributed by atoms with van der Waals surface area (Å²) in [4.78, 5) is 16.0. The van der Waals surface area contributed by atoms with Crippen LogP contribution in [0.4, 0.5) is 0 Å². The third kappa shape index (κ3) is 1.60. The SMILES string of the molecule is O=C(O)c1csc(-c2cccc3nccn23)c1. The maximum absolute atomic E-state index is 10.8. The summed E-state index contributed by atoms with van der Waals surface area (Å²) >= 11 is 1.42. The molecule has 0 atom stereocenters. The van der Waals surface area contributed by atoms with E-state index in [1.165, 1.54) is 11.3 Å². The average molecular weight is 244 g/mol. The molecular formula is C12H8N2O2S. The lowest BCUT2D eigenvalue weighted by Crippen LogP contribution is -1.92. The fraction of sp³-hybridized carbons (Fsp3) is 0. The van der Waals surface area contributed by atoms with Crippen LogP contribution in [0.5, 0.6) is 0 Å². The summed E-state index contributed by atoms with van der Waals surface area (Å²) in [5.74, 6) is -0.898. The first-order valence-electron chi connectivity index (χ1n) is 5.00. The van der Waals surface area contributed by atoms with Crippen molar-refractivity contribution in [2.75, 3.05) is 0 Å². The number of aromatic nitrogens is 2. The van der Waals surface area contributed by atoms with Crippen molar-refractivity contribution in [3.63, 3.8) is 0 Å². The quantitative estimate of drug-likeness (QED) is 0.754. The van der Waals surface area contributed by atoms with E-state index in [1.807, 2.05) is 28.8 Å². The molecule has 0 amide bonds. The van der Waals surface area contributed by atoms with Crippen molar-refractivity contribution in [3.8, 4) is 10.6 Å². The maximum Gasteiger partial charge on any atom is 0.336 e. The van der Waals surface area contributed by atoms with Gasteiger partial charge in [0.1, 0.15) is 5.65 Å². The molecule has 0 unspecified atom stereocenters. The molecule has 0 radical (unpaired) electrons. The summed E-state index contributed by atoms with van der Waals surface area (Å²) in [5, 5.41) is 10.6. The molecule has 0 aromatic carbocycles. The van der Waals surface area contributed by atoms with E-state index < -0.39 is 5.97 Å². The molecule has 3 aromatic rings. The number of hydrogen-bond acceptors (Lipinski definition) is 3. The van der Waals surface area contributed by atoms with Crippen LogP contribution in [0.25, 0.3) is 16.2 Å². The Labute approximate surface area is 101 Å². The van der Waals surface area contributed by atoms with Crippen molar-refractivity contribution < 1.29 is 9.90 Å². The van der Waals surface area contributed by atoms with Crippen molar-refractivity contribution in [2.24, 2.45) is 0 Å². The van der Waals surface area contributed by atoms with Gasteiger partial charge in [-0.25, -0.2) is 9.78 Å². The van der Waals surface area contributed by atoms with Gasteiger partial charge in [0, 0.05) is 17.8 Å². The molecule has 3 heterocycles. The van der Waals surface area contributed by atoms with E-state index in [0.29, 0.717) is 5.56 Å². The molecule has 3 rings (SSSR count). The Hall–Kier alpha value is -2.14. The van der Waals surface area contributed by atoms with Gasteiger partial charge in [0.15, 0.2) is 0 Å². The Morgan fingerprint density at radius 3 is 3.06 bits per heavy atom.